The summed E-state index contributed by atoms with van der Waals surface area (Å²) in [4.78, 5) is 9.91. The summed E-state index contributed by atoms with van der Waals surface area (Å²) in [5.41, 5.74) is 0.729. The average molecular weight is 158 g/mol. The molecule has 0 aromatic heterocycles. The molecule has 0 bridgehead atoms. The SMILES string of the molecule is O=C=C1C=CC=CC1.[Cr]. The molecule has 9 heavy (non-hydrogen) atoms. The fourth-order valence-corrected chi connectivity index (χ4v) is 0.589. The first-order chi connectivity index (χ1) is 3.93. The molecule has 0 amide bonds. The Bertz CT molecular complexity index is 185. The van der Waals surface area contributed by atoms with E-state index in [9.17, 15) is 4.79 Å². The molecule has 0 heterocycles. The first-order valence-corrected chi connectivity index (χ1v) is 2.50. The van der Waals surface area contributed by atoms with Crippen LogP contribution in [-0.4, -0.2) is 5.94 Å². The predicted octanol–water partition coefficient (Wildman–Crippen LogP) is 1.26. The van der Waals surface area contributed by atoms with Gasteiger partial charge in [0.25, 0.3) is 0 Å². The van der Waals surface area contributed by atoms with Crippen LogP contribution in [0.4, 0.5) is 0 Å². The van der Waals surface area contributed by atoms with Crippen LogP contribution in [0, 0.1) is 0 Å². The standard InChI is InChI=1S/C7H6O.Cr/c8-6-7-4-2-1-3-5-7;/h1-4H,5H2;. The molecule has 1 aliphatic rings. The van der Waals surface area contributed by atoms with Crippen LogP contribution < -0.4 is 0 Å². The zero-order chi connectivity index (χ0) is 5.82. The van der Waals surface area contributed by atoms with E-state index in [4.69, 9.17) is 0 Å². The molecule has 0 N–H and O–H groups in total. The third-order valence-electron chi connectivity index (χ3n) is 1.01. The molecule has 0 radical (unpaired) electrons. The van der Waals surface area contributed by atoms with Crippen molar-refractivity contribution in [2.75, 3.05) is 0 Å². The quantitative estimate of drug-likeness (QED) is 0.485. The number of carbonyl (C=O) groups excluding carboxylic acids is 1. The maximum Gasteiger partial charge on any atom is 0.128 e. The van der Waals surface area contributed by atoms with Crippen LogP contribution in [0.5, 0.6) is 0 Å². The smallest absolute Gasteiger partial charge is 0.128 e. The van der Waals surface area contributed by atoms with Gasteiger partial charge in [-0.1, -0.05) is 18.2 Å². The Kier molecular flexibility index (Phi) is 4.09. The van der Waals surface area contributed by atoms with Crippen LogP contribution >= 0.6 is 0 Å². The van der Waals surface area contributed by atoms with Gasteiger partial charge in [-0.25, -0.2) is 4.79 Å². The second-order valence-corrected chi connectivity index (χ2v) is 1.62. The first-order valence-electron chi connectivity index (χ1n) is 2.50. The molecule has 2 heteroatoms. The molecular weight excluding hydrogens is 152 g/mol. The summed E-state index contributed by atoms with van der Waals surface area (Å²) in [5, 5.41) is 0. The van der Waals surface area contributed by atoms with Crippen LogP contribution in [0.25, 0.3) is 0 Å². The summed E-state index contributed by atoms with van der Waals surface area (Å²) in [5.74, 6) is 1.83. The van der Waals surface area contributed by atoms with E-state index in [1.807, 2.05) is 24.2 Å². The maximum atomic E-state index is 9.91. The summed E-state index contributed by atoms with van der Waals surface area (Å²) < 4.78 is 0. The summed E-state index contributed by atoms with van der Waals surface area (Å²) in [6.45, 7) is 0. The Morgan fingerprint density at radius 1 is 1.44 bits per heavy atom. The van der Waals surface area contributed by atoms with Gasteiger partial charge in [-0.15, -0.1) is 0 Å². The van der Waals surface area contributed by atoms with Gasteiger partial charge in [0.1, 0.15) is 5.94 Å². The van der Waals surface area contributed by atoms with E-state index in [0.717, 1.165) is 12.0 Å². The molecule has 0 aromatic rings. The molecule has 1 nitrogen and oxygen atoms in total. The van der Waals surface area contributed by atoms with Gasteiger partial charge in [0.05, 0.1) is 0 Å². The fraction of sp³-hybridized carbons (Fsp3) is 0.143. The summed E-state index contributed by atoms with van der Waals surface area (Å²) in [7, 11) is 0. The van der Waals surface area contributed by atoms with Crippen molar-refractivity contribution >= 4 is 5.94 Å². The molecule has 0 spiro atoms. The topological polar surface area (TPSA) is 17.1 Å². The van der Waals surface area contributed by atoms with Crippen molar-refractivity contribution in [3.8, 4) is 0 Å². The molecule has 46 valence electrons. The summed E-state index contributed by atoms with van der Waals surface area (Å²) in [6, 6.07) is 0. The molecular formula is C7H6CrO. The first kappa shape index (κ1) is 8.46. The predicted molar refractivity (Wildman–Crippen MR) is 32.1 cm³/mol. The molecule has 1 aliphatic carbocycles. The van der Waals surface area contributed by atoms with Crippen molar-refractivity contribution in [1.82, 2.24) is 0 Å². The van der Waals surface area contributed by atoms with Gasteiger partial charge in [0.15, 0.2) is 0 Å². The van der Waals surface area contributed by atoms with Crippen molar-refractivity contribution in [1.29, 1.82) is 0 Å². The second kappa shape index (κ2) is 4.35. The minimum atomic E-state index is 0. The number of allylic oxidation sites excluding steroid dienone is 5. The van der Waals surface area contributed by atoms with Crippen molar-refractivity contribution in [2.45, 2.75) is 6.42 Å². The zero-order valence-corrected chi connectivity index (χ0v) is 6.11. The van der Waals surface area contributed by atoms with Crippen molar-refractivity contribution in [3.63, 3.8) is 0 Å². The van der Waals surface area contributed by atoms with E-state index < -0.39 is 0 Å². The van der Waals surface area contributed by atoms with E-state index in [1.54, 1.807) is 6.08 Å². The molecule has 1 rings (SSSR count). The van der Waals surface area contributed by atoms with Crippen molar-refractivity contribution in [3.05, 3.63) is 29.9 Å². The Labute approximate surface area is 64.9 Å². The maximum absolute atomic E-state index is 9.91. The van der Waals surface area contributed by atoms with Gasteiger partial charge in [0.2, 0.25) is 0 Å². The number of rotatable bonds is 0. The Hall–Kier alpha value is -0.538. The Morgan fingerprint density at radius 2 is 2.22 bits per heavy atom. The van der Waals surface area contributed by atoms with E-state index in [2.05, 4.69) is 0 Å². The summed E-state index contributed by atoms with van der Waals surface area (Å²) >= 11 is 0. The Morgan fingerprint density at radius 3 is 2.56 bits per heavy atom. The minimum absolute atomic E-state index is 0. The Balaban J connectivity index is 0.000000640. The van der Waals surface area contributed by atoms with Gasteiger partial charge in [0, 0.05) is 29.4 Å². The molecule has 0 saturated carbocycles. The van der Waals surface area contributed by atoms with Crippen LogP contribution in [0.3, 0.4) is 0 Å². The molecule has 0 fully saturated rings. The van der Waals surface area contributed by atoms with Gasteiger partial charge in [-0.05, 0) is 6.08 Å². The van der Waals surface area contributed by atoms with Gasteiger partial charge in [-0.2, -0.15) is 0 Å². The number of hydrogen-bond acceptors (Lipinski definition) is 1. The number of hydrogen-bond donors (Lipinski definition) is 0. The van der Waals surface area contributed by atoms with Crippen LogP contribution in [0.1, 0.15) is 6.42 Å². The normalized spacial score (nSPS) is 14.4. The van der Waals surface area contributed by atoms with Crippen LogP contribution in [0.2, 0.25) is 0 Å². The van der Waals surface area contributed by atoms with E-state index in [0.29, 0.717) is 0 Å². The fourth-order valence-electron chi connectivity index (χ4n) is 0.589. The van der Waals surface area contributed by atoms with E-state index in [1.165, 1.54) is 0 Å². The second-order valence-electron chi connectivity index (χ2n) is 1.62. The van der Waals surface area contributed by atoms with Crippen molar-refractivity contribution in [2.24, 2.45) is 0 Å². The van der Waals surface area contributed by atoms with Gasteiger partial charge in [-0.3, -0.25) is 0 Å². The molecule has 0 saturated heterocycles. The van der Waals surface area contributed by atoms with E-state index in [-0.39, 0.29) is 17.4 Å². The van der Waals surface area contributed by atoms with Crippen molar-refractivity contribution < 1.29 is 22.2 Å². The zero-order valence-electron chi connectivity index (χ0n) is 4.83. The molecule has 0 aromatic carbocycles. The van der Waals surface area contributed by atoms with Gasteiger partial charge >= 0.3 is 0 Å². The average Bonchev–Trinajstić information content (AvgIpc) is 1.90. The molecule has 0 aliphatic heterocycles. The third-order valence-corrected chi connectivity index (χ3v) is 1.01. The minimum Gasteiger partial charge on any atom is -0.233 e. The molecule has 0 unspecified atom stereocenters. The van der Waals surface area contributed by atoms with Gasteiger partial charge < -0.3 is 0 Å². The monoisotopic (exact) mass is 158 g/mol. The van der Waals surface area contributed by atoms with Crippen LogP contribution in [0.15, 0.2) is 29.9 Å². The van der Waals surface area contributed by atoms with Crippen LogP contribution in [-0.2, 0) is 22.2 Å². The third kappa shape index (κ3) is 2.49. The van der Waals surface area contributed by atoms with E-state index >= 15 is 0 Å². The largest absolute Gasteiger partial charge is 0.233 e. The summed E-state index contributed by atoms with van der Waals surface area (Å²) in [6.07, 6.45) is 8.19. The molecule has 0 atom stereocenters.